The number of hydrogen-bond donors (Lipinski definition) is 0. The SMILES string of the molecule is CCc1[cH-]c(CC)c(CC)c1CC.[Cl-].[Cl-].[Zr+3]. The molecule has 0 aliphatic carbocycles. The largest absolute Gasteiger partial charge is 3.00 e. The van der Waals surface area contributed by atoms with Gasteiger partial charge in [-0.3, -0.25) is 0 Å². The Morgan fingerprint density at radius 1 is 0.688 bits per heavy atom. The molecule has 0 aromatic heterocycles. The van der Waals surface area contributed by atoms with E-state index in [0.29, 0.717) is 0 Å². The van der Waals surface area contributed by atoms with Gasteiger partial charge in [-0.05, 0) is 0 Å². The van der Waals surface area contributed by atoms with Crippen LogP contribution in [0.4, 0.5) is 0 Å². The molecule has 0 saturated heterocycles. The molecule has 0 spiro atoms. The minimum atomic E-state index is 0. The first-order valence-corrected chi connectivity index (χ1v) is 5.57. The Balaban J connectivity index is -0.000000563. The molecule has 16 heavy (non-hydrogen) atoms. The van der Waals surface area contributed by atoms with Crippen LogP contribution in [0.15, 0.2) is 6.07 Å². The molecule has 1 aromatic carbocycles. The van der Waals surface area contributed by atoms with Crippen molar-refractivity contribution >= 4 is 0 Å². The van der Waals surface area contributed by atoms with E-state index in [0.717, 1.165) is 0 Å². The topological polar surface area (TPSA) is 0 Å². The van der Waals surface area contributed by atoms with Gasteiger partial charge < -0.3 is 24.8 Å². The minimum Gasteiger partial charge on any atom is -1.00 e. The molecule has 0 nitrogen and oxygen atoms in total. The van der Waals surface area contributed by atoms with Crippen LogP contribution in [-0.4, -0.2) is 0 Å². The van der Waals surface area contributed by atoms with E-state index >= 15 is 0 Å². The van der Waals surface area contributed by atoms with E-state index < -0.39 is 0 Å². The molecule has 1 rings (SSSR count). The molecule has 91 valence electrons. The summed E-state index contributed by atoms with van der Waals surface area (Å²) >= 11 is 0. The quantitative estimate of drug-likeness (QED) is 0.540. The predicted octanol–water partition coefficient (Wildman–Crippen LogP) is -2.34. The third-order valence-corrected chi connectivity index (χ3v) is 2.96. The summed E-state index contributed by atoms with van der Waals surface area (Å²) < 4.78 is 0. The third-order valence-electron chi connectivity index (χ3n) is 2.96. The molecule has 0 aliphatic heterocycles. The molecule has 0 unspecified atom stereocenters. The van der Waals surface area contributed by atoms with Gasteiger partial charge in [0.25, 0.3) is 0 Å². The second kappa shape index (κ2) is 10.9. The second-order valence-electron chi connectivity index (χ2n) is 3.57. The predicted molar refractivity (Wildman–Crippen MR) is 59.5 cm³/mol. The number of hydrogen-bond acceptors (Lipinski definition) is 0. The van der Waals surface area contributed by atoms with Crippen molar-refractivity contribution in [3.8, 4) is 0 Å². The standard InChI is InChI=1S/C13H21.2ClH.Zr/c1-5-10-9-11(6-2)13(8-4)12(10)7-3;;;/h9H,5-8H2,1-4H3;2*1H;/q-1;;;+3/p-2. The van der Waals surface area contributed by atoms with Gasteiger partial charge in [-0.1, -0.05) is 53.4 Å². The monoisotopic (exact) mass is 337 g/mol. The maximum atomic E-state index is 2.41. The van der Waals surface area contributed by atoms with E-state index in [4.69, 9.17) is 0 Å². The van der Waals surface area contributed by atoms with E-state index in [2.05, 4.69) is 33.8 Å². The van der Waals surface area contributed by atoms with Crippen LogP contribution in [0.3, 0.4) is 0 Å². The van der Waals surface area contributed by atoms with Crippen LogP contribution in [0, 0.1) is 0 Å². The molecule has 0 fully saturated rings. The van der Waals surface area contributed by atoms with Gasteiger partial charge in [0.15, 0.2) is 0 Å². The zero-order valence-electron chi connectivity index (χ0n) is 10.7. The van der Waals surface area contributed by atoms with Crippen molar-refractivity contribution in [2.45, 2.75) is 53.4 Å². The van der Waals surface area contributed by atoms with Crippen molar-refractivity contribution in [2.75, 3.05) is 0 Å². The number of halogens is 2. The Morgan fingerprint density at radius 3 is 1.19 bits per heavy atom. The van der Waals surface area contributed by atoms with Crippen LogP contribution in [0.5, 0.6) is 0 Å². The van der Waals surface area contributed by atoms with Gasteiger partial charge in [0, 0.05) is 0 Å². The molecule has 0 aliphatic rings. The first-order chi connectivity index (χ1) is 6.28. The smallest absolute Gasteiger partial charge is 1.00 e. The van der Waals surface area contributed by atoms with Crippen molar-refractivity contribution in [3.63, 3.8) is 0 Å². The summed E-state index contributed by atoms with van der Waals surface area (Å²) in [5, 5.41) is 0. The van der Waals surface area contributed by atoms with E-state index in [1.807, 2.05) is 0 Å². The molecular weight excluding hydrogens is 318 g/mol. The molecule has 0 bridgehead atoms. The second-order valence-corrected chi connectivity index (χ2v) is 3.57. The van der Waals surface area contributed by atoms with Gasteiger partial charge in [0.05, 0.1) is 0 Å². The fourth-order valence-corrected chi connectivity index (χ4v) is 2.28. The Morgan fingerprint density at radius 2 is 1.00 bits per heavy atom. The fourth-order valence-electron chi connectivity index (χ4n) is 2.28. The molecular formula is C13H21Cl2Zr. The minimum absolute atomic E-state index is 0. The van der Waals surface area contributed by atoms with Crippen molar-refractivity contribution in [1.82, 2.24) is 0 Å². The van der Waals surface area contributed by atoms with Gasteiger partial charge in [-0.25, -0.2) is 0 Å². The maximum absolute atomic E-state index is 2.41. The summed E-state index contributed by atoms with van der Waals surface area (Å²) in [5.74, 6) is 0. The average Bonchev–Trinajstić information content (AvgIpc) is 2.54. The molecule has 0 atom stereocenters. The Labute approximate surface area is 132 Å². The summed E-state index contributed by atoms with van der Waals surface area (Å²) in [5.41, 5.74) is 6.41. The van der Waals surface area contributed by atoms with Crippen molar-refractivity contribution in [2.24, 2.45) is 0 Å². The van der Waals surface area contributed by atoms with Crippen LogP contribution in [-0.2, 0) is 51.9 Å². The normalized spacial score (nSPS) is 8.75. The van der Waals surface area contributed by atoms with Crippen LogP contribution in [0.2, 0.25) is 0 Å². The van der Waals surface area contributed by atoms with Crippen LogP contribution in [0.1, 0.15) is 49.9 Å². The van der Waals surface area contributed by atoms with Gasteiger partial charge in [0.1, 0.15) is 0 Å². The van der Waals surface area contributed by atoms with Gasteiger partial charge in [-0.2, -0.15) is 28.3 Å². The fraction of sp³-hybridized carbons (Fsp3) is 0.615. The van der Waals surface area contributed by atoms with Crippen molar-refractivity contribution in [3.05, 3.63) is 28.3 Å². The molecule has 0 N–H and O–H groups in total. The van der Waals surface area contributed by atoms with Crippen molar-refractivity contribution < 1.29 is 51.0 Å². The summed E-state index contributed by atoms with van der Waals surface area (Å²) in [6.07, 6.45) is 4.78. The molecule has 1 aromatic rings. The molecule has 3 heteroatoms. The van der Waals surface area contributed by atoms with Gasteiger partial charge in [0.2, 0.25) is 0 Å². The van der Waals surface area contributed by atoms with Gasteiger partial charge >= 0.3 is 26.2 Å². The molecule has 0 heterocycles. The molecule has 1 radical (unpaired) electrons. The number of aryl methyl sites for hydroxylation is 2. The molecule has 0 saturated carbocycles. The Bertz CT molecular complexity index is 253. The van der Waals surface area contributed by atoms with Crippen LogP contribution >= 0.6 is 0 Å². The van der Waals surface area contributed by atoms with Crippen molar-refractivity contribution in [1.29, 1.82) is 0 Å². The first-order valence-electron chi connectivity index (χ1n) is 5.57. The maximum Gasteiger partial charge on any atom is 3.00 e. The Kier molecular flexibility index (Phi) is 15.1. The first kappa shape index (κ1) is 22.0. The summed E-state index contributed by atoms with van der Waals surface area (Å²) in [4.78, 5) is 0. The number of rotatable bonds is 4. The zero-order valence-corrected chi connectivity index (χ0v) is 14.6. The van der Waals surface area contributed by atoms with E-state index in [1.54, 1.807) is 22.3 Å². The Hall–Kier alpha value is 0.813. The van der Waals surface area contributed by atoms with Crippen LogP contribution < -0.4 is 24.8 Å². The molecule has 0 amide bonds. The zero-order chi connectivity index (χ0) is 9.84. The van der Waals surface area contributed by atoms with E-state index in [1.165, 1.54) is 25.7 Å². The summed E-state index contributed by atoms with van der Waals surface area (Å²) in [6.45, 7) is 9.06. The summed E-state index contributed by atoms with van der Waals surface area (Å²) in [6, 6.07) is 2.41. The van der Waals surface area contributed by atoms with Crippen LogP contribution in [0.25, 0.3) is 0 Å². The van der Waals surface area contributed by atoms with E-state index in [-0.39, 0.29) is 51.0 Å². The van der Waals surface area contributed by atoms with Gasteiger partial charge in [-0.15, -0.1) is 0 Å². The van der Waals surface area contributed by atoms with E-state index in [9.17, 15) is 0 Å². The average molecular weight is 339 g/mol. The third kappa shape index (κ3) is 4.59. The summed E-state index contributed by atoms with van der Waals surface area (Å²) in [7, 11) is 0.